The van der Waals surface area contributed by atoms with E-state index < -0.39 is 9.84 Å². The van der Waals surface area contributed by atoms with Gasteiger partial charge in [-0.1, -0.05) is 53.7 Å². The van der Waals surface area contributed by atoms with Crippen LogP contribution in [-0.2, 0) is 22.1 Å². The number of para-hydroxylation sites is 1. The fourth-order valence-corrected chi connectivity index (χ4v) is 6.71. The summed E-state index contributed by atoms with van der Waals surface area (Å²) in [6.07, 6.45) is 0. The highest BCUT2D eigenvalue weighted by Gasteiger charge is 2.46. The van der Waals surface area contributed by atoms with Crippen LogP contribution in [0.2, 0.25) is 5.02 Å². The van der Waals surface area contributed by atoms with Gasteiger partial charge in [0, 0.05) is 22.9 Å². The minimum Gasteiger partial charge on any atom is -0.496 e. The number of fused-ring (bicyclic) bond motifs is 1. The van der Waals surface area contributed by atoms with Crippen molar-refractivity contribution < 1.29 is 13.2 Å². The third-order valence-corrected chi connectivity index (χ3v) is 8.06. The van der Waals surface area contributed by atoms with E-state index in [4.69, 9.17) is 21.3 Å². The summed E-state index contributed by atoms with van der Waals surface area (Å²) < 4.78 is 29.8. The van der Waals surface area contributed by atoms with Gasteiger partial charge in [-0.2, -0.15) is 0 Å². The van der Waals surface area contributed by atoms with Gasteiger partial charge < -0.3 is 9.64 Å². The lowest BCUT2D eigenvalue weighted by molar-refractivity contribution is 0.332. The maximum atomic E-state index is 12.1. The Hall–Kier alpha value is -1.70. The van der Waals surface area contributed by atoms with Crippen molar-refractivity contribution in [2.24, 2.45) is 4.99 Å². The van der Waals surface area contributed by atoms with Crippen molar-refractivity contribution in [1.82, 2.24) is 4.90 Å². The molecule has 0 aliphatic carbocycles. The Bertz CT molecular complexity index is 993. The summed E-state index contributed by atoms with van der Waals surface area (Å²) >= 11 is 7.60. The molecule has 8 heteroatoms. The minimum atomic E-state index is -3.05. The summed E-state index contributed by atoms with van der Waals surface area (Å²) in [6.45, 7) is 0.577. The number of sulfone groups is 1. The van der Waals surface area contributed by atoms with Gasteiger partial charge in [-0.15, -0.1) is 0 Å². The van der Waals surface area contributed by atoms with Crippen molar-refractivity contribution >= 4 is 38.4 Å². The molecule has 0 radical (unpaired) electrons. The summed E-state index contributed by atoms with van der Waals surface area (Å²) in [5.41, 5.74) is 2.17. The van der Waals surface area contributed by atoms with Gasteiger partial charge in [-0.05, 0) is 23.8 Å². The maximum absolute atomic E-state index is 12.1. The second-order valence-corrected chi connectivity index (χ2v) is 10.5. The van der Waals surface area contributed by atoms with Crippen LogP contribution in [0.15, 0.2) is 53.5 Å². The van der Waals surface area contributed by atoms with E-state index in [0.717, 1.165) is 27.8 Å². The number of ether oxygens (including phenoxy) is 1. The number of benzene rings is 2. The molecule has 0 amide bonds. The van der Waals surface area contributed by atoms with Gasteiger partial charge in [-0.3, -0.25) is 4.99 Å². The van der Waals surface area contributed by atoms with Crippen LogP contribution >= 0.6 is 23.4 Å². The minimum absolute atomic E-state index is 0.109. The molecule has 148 valence electrons. The highest BCUT2D eigenvalue weighted by Crippen LogP contribution is 2.34. The second-order valence-electron chi connectivity index (χ2n) is 6.98. The zero-order valence-corrected chi connectivity index (χ0v) is 17.8. The molecule has 2 aliphatic heterocycles. The third-order valence-electron chi connectivity index (χ3n) is 5.03. The molecule has 2 aliphatic rings. The van der Waals surface area contributed by atoms with E-state index in [9.17, 15) is 8.42 Å². The number of hydrogen-bond donors (Lipinski definition) is 0. The van der Waals surface area contributed by atoms with Crippen LogP contribution in [0.5, 0.6) is 5.75 Å². The number of amidine groups is 1. The Morgan fingerprint density at radius 3 is 2.68 bits per heavy atom. The molecule has 5 nitrogen and oxygen atoms in total. The average Bonchev–Trinajstić information content (AvgIpc) is 3.14. The monoisotopic (exact) mass is 436 g/mol. The van der Waals surface area contributed by atoms with E-state index in [2.05, 4.69) is 4.90 Å². The number of nitrogens with zero attached hydrogens (tertiary/aromatic N) is 2. The molecule has 0 spiro atoms. The number of halogens is 1. The lowest BCUT2D eigenvalue weighted by Gasteiger charge is -2.27. The zero-order valence-electron chi connectivity index (χ0n) is 15.4. The van der Waals surface area contributed by atoms with E-state index in [1.807, 2.05) is 48.5 Å². The van der Waals surface area contributed by atoms with E-state index in [-0.39, 0.29) is 23.6 Å². The van der Waals surface area contributed by atoms with Gasteiger partial charge in [0.1, 0.15) is 5.75 Å². The Morgan fingerprint density at radius 2 is 1.93 bits per heavy atom. The van der Waals surface area contributed by atoms with E-state index in [1.54, 1.807) is 18.9 Å². The van der Waals surface area contributed by atoms with Crippen LogP contribution in [0.3, 0.4) is 0 Å². The predicted molar refractivity (Wildman–Crippen MR) is 115 cm³/mol. The molecule has 4 rings (SSSR count). The highest BCUT2D eigenvalue weighted by molar-refractivity contribution is 8.13. The largest absolute Gasteiger partial charge is 0.496 e. The van der Waals surface area contributed by atoms with Gasteiger partial charge in [0.15, 0.2) is 15.0 Å². The first-order valence-corrected chi connectivity index (χ1v) is 12.2. The Morgan fingerprint density at radius 1 is 1.18 bits per heavy atom. The standard InChI is InChI=1S/C20H21ClN2O3S2/c1-26-19-5-3-2-4-15(19)10-23-18-13-28(24,25)12-17(18)22-20(23)27-11-14-6-8-16(21)9-7-14/h2-9,17-18H,10-13H2,1H3/t17-,18-/m1/s1. The second kappa shape index (κ2) is 7.97. The van der Waals surface area contributed by atoms with Crippen molar-refractivity contribution in [3.8, 4) is 5.75 Å². The van der Waals surface area contributed by atoms with Crippen molar-refractivity contribution in [2.75, 3.05) is 18.6 Å². The molecule has 0 N–H and O–H groups in total. The summed E-state index contributed by atoms with van der Waals surface area (Å²) in [4.78, 5) is 6.90. The molecule has 0 saturated carbocycles. The molecular formula is C20H21ClN2O3S2. The third kappa shape index (κ3) is 4.16. The predicted octanol–water partition coefficient (Wildman–Crippen LogP) is 3.62. The van der Waals surface area contributed by atoms with Gasteiger partial charge >= 0.3 is 0 Å². The number of thioether (sulfide) groups is 1. The number of hydrogen-bond acceptors (Lipinski definition) is 6. The van der Waals surface area contributed by atoms with Crippen LogP contribution in [0.4, 0.5) is 0 Å². The number of aliphatic imine (C=N–C) groups is 1. The molecule has 2 atom stereocenters. The lowest BCUT2D eigenvalue weighted by Crippen LogP contribution is -2.38. The molecule has 2 aromatic carbocycles. The first kappa shape index (κ1) is 19.6. The van der Waals surface area contributed by atoms with Crippen LogP contribution in [0.1, 0.15) is 11.1 Å². The van der Waals surface area contributed by atoms with Crippen LogP contribution in [0, 0.1) is 0 Å². The van der Waals surface area contributed by atoms with E-state index in [0.29, 0.717) is 11.6 Å². The van der Waals surface area contributed by atoms with Crippen LogP contribution < -0.4 is 4.74 Å². The fourth-order valence-electron chi connectivity index (χ4n) is 3.64. The van der Waals surface area contributed by atoms with Crippen molar-refractivity contribution in [3.63, 3.8) is 0 Å². The summed E-state index contributed by atoms with van der Waals surface area (Å²) in [5, 5.41) is 1.61. The van der Waals surface area contributed by atoms with E-state index in [1.165, 1.54) is 0 Å². The maximum Gasteiger partial charge on any atom is 0.160 e. The SMILES string of the molecule is COc1ccccc1CN1C(SCc2ccc(Cl)cc2)=N[C@@H]2CS(=O)(=O)C[C@H]21. The first-order chi connectivity index (χ1) is 13.4. The van der Waals surface area contributed by atoms with Crippen molar-refractivity contribution in [2.45, 2.75) is 24.4 Å². The summed E-state index contributed by atoms with van der Waals surface area (Å²) in [7, 11) is -1.40. The molecule has 28 heavy (non-hydrogen) atoms. The fraction of sp³-hybridized carbons (Fsp3) is 0.350. The number of rotatable bonds is 5. The Balaban J connectivity index is 1.56. The van der Waals surface area contributed by atoms with Crippen LogP contribution in [0.25, 0.3) is 0 Å². The van der Waals surface area contributed by atoms with Gasteiger partial charge in [0.2, 0.25) is 0 Å². The summed E-state index contributed by atoms with van der Waals surface area (Å²) in [6, 6.07) is 15.3. The van der Waals surface area contributed by atoms with Gasteiger partial charge in [0.05, 0.1) is 30.7 Å². The van der Waals surface area contributed by atoms with Gasteiger partial charge in [-0.25, -0.2) is 8.42 Å². The number of methoxy groups -OCH3 is 1. The normalized spacial score (nSPS) is 22.8. The molecule has 2 aromatic rings. The zero-order chi connectivity index (χ0) is 19.7. The Labute approximate surface area is 174 Å². The van der Waals surface area contributed by atoms with Crippen LogP contribution in [-0.4, -0.2) is 49.2 Å². The first-order valence-electron chi connectivity index (χ1n) is 8.99. The quantitative estimate of drug-likeness (QED) is 0.716. The summed E-state index contributed by atoms with van der Waals surface area (Å²) in [5.74, 6) is 1.84. The molecule has 0 aromatic heterocycles. The molecule has 0 unspecified atom stereocenters. The average molecular weight is 437 g/mol. The smallest absolute Gasteiger partial charge is 0.160 e. The van der Waals surface area contributed by atoms with Gasteiger partial charge in [0.25, 0.3) is 0 Å². The molecule has 2 heterocycles. The van der Waals surface area contributed by atoms with E-state index >= 15 is 0 Å². The van der Waals surface area contributed by atoms with Crippen molar-refractivity contribution in [3.05, 3.63) is 64.7 Å². The molecular weight excluding hydrogens is 416 g/mol. The topological polar surface area (TPSA) is 59.0 Å². The molecule has 1 saturated heterocycles. The lowest BCUT2D eigenvalue weighted by atomic mass is 10.1. The highest BCUT2D eigenvalue weighted by atomic mass is 35.5. The van der Waals surface area contributed by atoms with Crippen molar-refractivity contribution in [1.29, 1.82) is 0 Å². The Kier molecular flexibility index (Phi) is 5.58. The molecule has 0 bridgehead atoms. The molecule has 1 fully saturated rings.